The van der Waals surface area contributed by atoms with Gasteiger partial charge in [-0.25, -0.2) is 4.99 Å². The van der Waals surface area contributed by atoms with Crippen LogP contribution in [0.4, 0.5) is 0 Å². The molecule has 2 heterocycles. The maximum atomic E-state index is 10.6. The molecule has 0 aliphatic carbocycles. The molecule has 0 radical (unpaired) electrons. The van der Waals surface area contributed by atoms with Gasteiger partial charge in [-0.1, -0.05) is 11.2 Å². The largest absolute Gasteiger partial charge is 0.383 e. The number of aliphatic imine (C=N–C) groups is 1. The third kappa shape index (κ3) is 6.55. The van der Waals surface area contributed by atoms with Crippen molar-refractivity contribution in [2.45, 2.75) is 46.1 Å². The van der Waals surface area contributed by atoms with E-state index in [4.69, 9.17) is 4.52 Å². The second-order valence-corrected chi connectivity index (χ2v) is 7.23. The van der Waals surface area contributed by atoms with Crippen LogP contribution in [0.2, 0.25) is 0 Å². The summed E-state index contributed by atoms with van der Waals surface area (Å²) in [6.07, 6.45) is 1.87. The molecule has 0 amide bonds. The Morgan fingerprint density at radius 3 is 2.73 bits per heavy atom. The van der Waals surface area contributed by atoms with Crippen LogP contribution in [0.15, 0.2) is 27.0 Å². The van der Waals surface area contributed by atoms with Gasteiger partial charge in [-0.05, 0) is 52.0 Å². The molecule has 0 fully saturated rings. The number of aromatic nitrogens is 1. The van der Waals surface area contributed by atoms with Crippen molar-refractivity contribution in [3.05, 3.63) is 39.4 Å². The number of aryl methyl sites for hydroxylation is 2. The summed E-state index contributed by atoms with van der Waals surface area (Å²) in [5.41, 5.74) is 1.20. The van der Waals surface area contributed by atoms with Crippen LogP contribution in [-0.4, -0.2) is 35.9 Å². The summed E-state index contributed by atoms with van der Waals surface area (Å²) in [4.78, 5) is 5.45. The van der Waals surface area contributed by atoms with Crippen LogP contribution in [0, 0.1) is 13.8 Å². The molecule has 0 saturated heterocycles. The van der Waals surface area contributed by atoms with Crippen LogP contribution in [0.1, 0.15) is 42.2 Å². The highest BCUT2D eigenvalue weighted by Gasteiger charge is 2.23. The van der Waals surface area contributed by atoms with Crippen LogP contribution in [-0.2, 0) is 12.0 Å². The Bertz CT molecular complexity index is 664. The minimum absolute atomic E-state index is 0. The molecular weight excluding hydrogens is 463 g/mol. The lowest BCUT2D eigenvalue weighted by Gasteiger charge is -2.20. The van der Waals surface area contributed by atoms with Crippen molar-refractivity contribution in [1.82, 2.24) is 15.8 Å². The quantitative estimate of drug-likeness (QED) is 0.228. The van der Waals surface area contributed by atoms with Crippen LogP contribution >= 0.6 is 35.3 Å². The first kappa shape index (κ1) is 22.9. The number of aliphatic hydroxyl groups is 1. The average molecular weight is 492 g/mol. The van der Waals surface area contributed by atoms with Gasteiger partial charge in [0.15, 0.2) is 5.96 Å². The van der Waals surface area contributed by atoms with Gasteiger partial charge in [0.25, 0.3) is 0 Å². The van der Waals surface area contributed by atoms with Crippen molar-refractivity contribution in [3.63, 3.8) is 0 Å². The van der Waals surface area contributed by atoms with Gasteiger partial charge in [-0.2, -0.15) is 0 Å². The first-order valence-corrected chi connectivity index (χ1v) is 9.52. The molecule has 0 aliphatic rings. The van der Waals surface area contributed by atoms with Gasteiger partial charge in [-0.15, -0.1) is 35.3 Å². The zero-order valence-electron chi connectivity index (χ0n) is 15.8. The van der Waals surface area contributed by atoms with Crippen molar-refractivity contribution in [2.24, 2.45) is 4.99 Å². The monoisotopic (exact) mass is 492 g/mol. The topological polar surface area (TPSA) is 82.7 Å². The lowest BCUT2D eigenvalue weighted by molar-refractivity contribution is 0.0711. The lowest BCUT2D eigenvalue weighted by Crippen LogP contribution is -2.39. The minimum atomic E-state index is -0.951. The summed E-state index contributed by atoms with van der Waals surface area (Å²) in [5.74, 6) is 1.61. The Labute approximate surface area is 176 Å². The fourth-order valence-corrected chi connectivity index (χ4v) is 3.35. The highest BCUT2D eigenvalue weighted by atomic mass is 127. The van der Waals surface area contributed by atoms with Crippen molar-refractivity contribution < 1.29 is 9.63 Å². The van der Waals surface area contributed by atoms with Gasteiger partial charge >= 0.3 is 0 Å². The van der Waals surface area contributed by atoms with E-state index in [2.05, 4.69) is 20.8 Å². The number of thiophene rings is 1. The Morgan fingerprint density at radius 2 is 2.15 bits per heavy atom. The summed E-state index contributed by atoms with van der Waals surface area (Å²) in [6, 6.07) is 3.88. The normalized spacial score (nSPS) is 13.8. The van der Waals surface area contributed by atoms with Crippen LogP contribution < -0.4 is 10.6 Å². The summed E-state index contributed by atoms with van der Waals surface area (Å²) in [6.45, 7) is 9.61. The average Bonchev–Trinajstić information content (AvgIpc) is 3.21. The number of rotatable bonds is 8. The number of nitrogens with zero attached hydrogens (tertiary/aromatic N) is 2. The number of halogens is 1. The molecule has 146 valence electrons. The van der Waals surface area contributed by atoms with Gasteiger partial charge in [0.05, 0.1) is 12.2 Å². The second-order valence-electron chi connectivity index (χ2n) is 6.28. The summed E-state index contributed by atoms with van der Waals surface area (Å²) in [7, 11) is 0. The Balaban J connectivity index is 0.00000338. The Morgan fingerprint density at radius 1 is 1.38 bits per heavy atom. The van der Waals surface area contributed by atoms with E-state index in [9.17, 15) is 5.11 Å². The highest BCUT2D eigenvalue weighted by Crippen LogP contribution is 2.25. The van der Waals surface area contributed by atoms with E-state index in [0.717, 1.165) is 48.2 Å². The lowest BCUT2D eigenvalue weighted by atomic mass is 10.1. The molecule has 1 unspecified atom stereocenters. The molecule has 2 rings (SSSR count). The van der Waals surface area contributed by atoms with Gasteiger partial charge in [0.2, 0.25) is 0 Å². The van der Waals surface area contributed by atoms with Gasteiger partial charge in [0.1, 0.15) is 11.4 Å². The molecule has 6 nitrogen and oxygen atoms in total. The van der Waals surface area contributed by atoms with E-state index in [0.29, 0.717) is 6.54 Å². The number of guanidine groups is 1. The van der Waals surface area contributed by atoms with E-state index in [1.807, 2.05) is 38.3 Å². The Kier molecular flexibility index (Phi) is 9.59. The molecule has 0 aromatic carbocycles. The predicted octanol–water partition coefficient (Wildman–Crippen LogP) is 3.37. The maximum absolute atomic E-state index is 10.6. The van der Waals surface area contributed by atoms with E-state index in [1.165, 1.54) is 5.56 Å². The zero-order chi connectivity index (χ0) is 18.3. The molecule has 0 saturated carbocycles. The van der Waals surface area contributed by atoms with Crippen molar-refractivity contribution in [1.29, 1.82) is 0 Å². The molecule has 1 atom stereocenters. The molecule has 2 aromatic rings. The van der Waals surface area contributed by atoms with Crippen molar-refractivity contribution in [2.75, 3.05) is 19.6 Å². The van der Waals surface area contributed by atoms with E-state index in [1.54, 1.807) is 18.3 Å². The standard InChI is InChI=1S/C18H28N4O2S.HI/c1-5-19-17(21-12-18(4,23)16-9-7-11-25-16)20-10-6-8-15-13(2)22-24-14(15)3;/h7,9,11,23H,5-6,8,10,12H2,1-4H3,(H2,19,20,21);1H. The van der Waals surface area contributed by atoms with Gasteiger partial charge in [-0.3, -0.25) is 0 Å². The first-order chi connectivity index (χ1) is 11.9. The van der Waals surface area contributed by atoms with Gasteiger partial charge < -0.3 is 20.3 Å². The first-order valence-electron chi connectivity index (χ1n) is 8.64. The molecular formula is C18H29IN4O2S. The zero-order valence-corrected chi connectivity index (χ0v) is 19.0. The van der Waals surface area contributed by atoms with E-state index >= 15 is 0 Å². The van der Waals surface area contributed by atoms with E-state index in [-0.39, 0.29) is 24.0 Å². The summed E-state index contributed by atoms with van der Waals surface area (Å²) >= 11 is 1.54. The number of hydrogen-bond acceptors (Lipinski definition) is 5. The number of nitrogens with one attached hydrogen (secondary N) is 2. The Hall–Kier alpha value is -1.13. The third-order valence-corrected chi connectivity index (χ3v) is 5.14. The molecule has 0 spiro atoms. The number of hydrogen-bond donors (Lipinski definition) is 3. The molecule has 8 heteroatoms. The summed E-state index contributed by atoms with van der Waals surface area (Å²) < 4.78 is 5.19. The fourth-order valence-electron chi connectivity index (χ4n) is 2.57. The molecule has 0 bridgehead atoms. The SMILES string of the molecule is CCNC(=NCC(C)(O)c1cccs1)NCCCc1c(C)noc1C.I. The van der Waals surface area contributed by atoms with E-state index < -0.39 is 5.60 Å². The molecule has 2 aromatic heterocycles. The smallest absolute Gasteiger partial charge is 0.191 e. The third-order valence-electron chi connectivity index (χ3n) is 4.02. The molecule has 3 N–H and O–H groups in total. The highest BCUT2D eigenvalue weighted by molar-refractivity contribution is 14.0. The minimum Gasteiger partial charge on any atom is -0.383 e. The summed E-state index contributed by atoms with van der Waals surface area (Å²) in [5, 5.41) is 23.1. The van der Waals surface area contributed by atoms with Crippen LogP contribution in [0.3, 0.4) is 0 Å². The van der Waals surface area contributed by atoms with Crippen molar-refractivity contribution in [3.8, 4) is 0 Å². The second kappa shape index (κ2) is 10.9. The molecule has 26 heavy (non-hydrogen) atoms. The van der Waals surface area contributed by atoms with Crippen LogP contribution in [0.25, 0.3) is 0 Å². The van der Waals surface area contributed by atoms with Crippen LogP contribution in [0.5, 0.6) is 0 Å². The van der Waals surface area contributed by atoms with Gasteiger partial charge in [0, 0.05) is 23.5 Å². The fraction of sp³-hybridized carbons (Fsp3) is 0.556. The predicted molar refractivity (Wildman–Crippen MR) is 118 cm³/mol. The van der Waals surface area contributed by atoms with Crippen molar-refractivity contribution >= 4 is 41.3 Å². The maximum Gasteiger partial charge on any atom is 0.191 e. The molecule has 0 aliphatic heterocycles.